The van der Waals surface area contributed by atoms with Crippen LogP contribution in [0.5, 0.6) is 0 Å². The van der Waals surface area contributed by atoms with Gasteiger partial charge in [0.25, 0.3) is 0 Å². The predicted molar refractivity (Wildman–Crippen MR) is 82.9 cm³/mol. The van der Waals surface area contributed by atoms with Gasteiger partial charge in [0, 0.05) is 22.6 Å². The number of hydrogen-bond acceptors (Lipinski definition) is 2. The van der Waals surface area contributed by atoms with E-state index in [2.05, 4.69) is 5.32 Å². The van der Waals surface area contributed by atoms with Crippen molar-refractivity contribution in [3.63, 3.8) is 0 Å². The highest BCUT2D eigenvalue weighted by Gasteiger charge is 2.12. The molecule has 6 heteroatoms. The maximum Gasteiger partial charge on any atom is 0.237 e. The predicted octanol–water partition coefficient (Wildman–Crippen LogP) is 3.16. The number of carbonyl (C=O) groups is 1. The van der Waals surface area contributed by atoms with Gasteiger partial charge in [-0.25, -0.2) is 8.78 Å². The average Bonchev–Trinajstić information content (AvgIpc) is 2.41. The van der Waals surface area contributed by atoms with Crippen LogP contribution in [0.25, 0.3) is 0 Å². The molecule has 0 bridgehead atoms. The van der Waals surface area contributed by atoms with Crippen LogP contribution in [0.4, 0.5) is 14.5 Å². The molecule has 1 atom stereocenters. The summed E-state index contributed by atoms with van der Waals surface area (Å²) in [5, 5.41) is 2.29. The topological polar surface area (TPSA) is 46.2 Å². The number of carbonyl (C=O) groups excluding carboxylic acids is 1. The van der Waals surface area contributed by atoms with Crippen molar-refractivity contribution in [2.75, 3.05) is 11.1 Å². The highest BCUT2D eigenvalue weighted by molar-refractivity contribution is 7.84. The van der Waals surface area contributed by atoms with Crippen molar-refractivity contribution in [3.05, 3.63) is 65.2 Å². The Kier molecular flexibility index (Phi) is 5.38. The molecule has 0 saturated heterocycles. The Morgan fingerprint density at radius 1 is 1.18 bits per heavy atom. The van der Waals surface area contributed by atoms with Gasteiger partial charge in [-0.05, 0) is 24.6 Å². The van der Waals surface area contributed by atoms with Gasteiger partial charge in [0.05, 0.1) is 5.69 Å². The van der Waals surface area contributed by atoms with E-state index in [0.717, 1.165) is 23.3 Å². The van der Waals surface area contributed by atoms with Crippen molar-refractivity contribution in [2.24, 2.45) is 0 Å². The summed E-state index contributed by atoms with van der Waals surface area (Å²) >= 11 is 0. The van der Waals surface area contributed by atoms with Crippen molar-refractivity contribution < 1.29 is 17.8 Å². The number of rotatable bonds is 5. The fourth-order valence-electron chi connectivity index (χ4n) is 1.96. The molecule has 2 aromatic carbocycles. The van der Waals surface area contributed by atoms with Gasteiger partial charge in [0.1, 0.15) is 17.4 Å². The van der Waals surface area contributed by atoms with Gasteiger partial charge in [0.15, 0.2) is 0 Å². The van der Waals surface area contributed by atoms with E-state index in [1.807, 2.05) is 31.2 Å². The number of amides is 1. The van der Waals surface area contributed by atoms with Crippen LogP contribution in [0.1, 0.15) is 11.1 Å². The number of hydrogen-bond donors (Lipinski definition) is 1. The van der Waals surface area contributed by atoms with Crippen LogP contribution in [0.3, 0.4) is 0 Å². The first-order chi connectivity index (χ1) is 10.4. The molecule has 0 aliphatic rings. The van der Waals surface area contributed by atoms with E-state index in [-0.39, 0.29) is 17.2 Å². The second-order valence-electron chi connectivity index (χ2n) is 4.89. The van der Waals surface area contributed by atoms with Gasteiger partial charge in [-0.1, -0.05) is 29.8 Å². The maximum atomic E-state index is 13.4. The Balaban J connectivity index is 1.92. The molecule has 1 N–H and O–H groups in total. The largest absolute Gasteiger partial charge is 0.323 e. The van der Waals surface area contributed by atoms with E-state index >= 15 is 0 Å². The molecule has 0 aromatic heterocycles. The standard InChI is InChI=1S/C16H15F2NO2S/c1-11-3-2-4-12(7-11)9-22(21)10-16(20)19-15-6-5-13(17)8-14(15)18/h2-8H,9-10H2,1H3,(H,19,20)/t22-/m1/s1. The minimum Gasteiger partial charge on any atom is -0.323 e. The van der Waals surface area contributed by atoms with Crippen LogP contribution in [-0.2, 0) is 21.3 Å². The van der Waals surface area contributed by atoms with E-state index in [1.165, 1.54) is 0 Å². The number of nitrogens with one attached hydrogen (secondary N) is 1. The first kappa shape index (κ1) is 16.3. The van der Waals surface area contributed by atoms with Crippen LogP contribution in [-0.4, -0.2) is 15.9 Å². The maximum absolute atomic E-state index is 13.4. The van der Waals surface area contributed by atoms with Gasteiger partial charge in [-0.3, -0.25) is 9.00 Å². The SMILES string of the molecule is Cc1cccc(C[S@@](=O)CC(=O)Nc2ccc(F)cc2F)c1. The minimum atomic E-state index is -1.40. The summed E-state index contributed by atoms with van der Waals surface area (Å²) in [6, 6.07) is 10.4. The lowest BCUT2D eigenvalue weighted by Crippen LogP contribution is -2.20. The summed E-state index contributed by atoms with van der Waals surface area (Å²) < 4.78 is 38.1. The second-order valence-corrected chi connectivity index (χ2v) is 6.35. The molecule has 116 valence electrons. The van der Waals surface area contributed by atoms with Crippen LogP contribution in [0.15, 0.2) is 42.5 Å². The lowest BCUT2D eigenvalue weighted by atomic mass is 10.2. The number of halogens is 2. The van der Waals surface area contributed by atoms with E-state index < -0.39 is 28.3 Å². The molecule has 0 saturated carbocycles. The highest BCUT2D eigenvalue weighted by Crippen LogP contribution is 2.15. The second kappa shape index (κ2) is 7.26. The Morgan fingerprint density at radius 2 is 1.95 bits per heavy atom. The third-order valence-electron chi connectivity index (χ3n) is 2.91. The van der Waals surface area contributed by atoms with Crippen molar-refractivity contribution in [1.29, 1.82) is 0 Å². The first-order valence-corrected chi connectivity index (χ1v) is 8.08. The zero-order chi connectivity index (χ0) is 16.1. The third kappa shape index (κ3) is 4.73. The van der Waals surface area contributed by atoms with Crippen molar-refractivity contribution >= 4 is 22.4 Å². The third-order valence-corrected chi connectivity index (χ3v) is 4.15. The normalized spacial score (nSPS) is 12.0. The first-order valence-electron chi connectivity index (χ1n) is 6.59. The summed E-state index contributed by atoms with van der Waals surface area (Å²) in [6.45, 7) is 1.93. The Hall–Kier alpha value is -2.08. The van der Waals surface area contributed by atoms with Crippen LogP contribution in [0, 0.1) is 18.6 Å². The smallest absolute Gasteiger partial charge is 0.237 e. The molecule has 22 heavy (non-hydrogen) atoms. The Bertz CT molecular complexity index is 719. The lowest BCUT2D eigenvalue weighted by molar-refractivity contribution is -0.113. The molecular formula is C16H15F2NO2S. The molecule has 0 fully saturated rings. The van der Waals surface area contributed by atoms with Crippen molar-refractivity contribution in [3.8, 4) is 0 Å². The summed E-state index contributed by atoms with van der Waals surface area (Å²) in [6.07, 6.45) is 0. The molecule has 2 aromatic rings. The molecule has 0 aliphatic carbocycles. The molecule has 0 heterocycles. The van der Waals surface area contributed by atoms with Crippen LogP contribution in [0.2, 0.25) is 0 Å². The zero-order valence-corrected chi connectivity index (χ0v) is 12.8. The quantitative estimate of drug-likeness (QED) is 0.919. The van der Waals surface area contributed by atoms with Crippen LogP contribution >= 0.6 is 0 Å². The van der Waals surface area contributed by atoms with Gasteiger partial charge < -0.3 is 5.32 Å². The van der Waals surface area contributed by atoms with E-state index in [4.69, 9.17) is 0 Å². The van der Waals surface area contributed by atoms with Gasteiger partial charge in [-0.2, -0.15) is 0 Å². The average molecular weight is 323 g/mol. The Labute approximate surface area is 129 Å². The van der Waals surface area contributed by atoms with E-state index in [0.29, 0.717) is 6.07 Å². The summed E-state index contributed by atoms with van der Waals surface area (Å²) in [5.41, 5.74) is 1.80. The molecule has 0 aliphatic heterocycles. The Morgan fingerprint density at radius 3 is 2.64 bits per heavy atom. The van der Waals surface area contributed by atoms with Gasteiger partial charge in [-0.15, -0.1) is 0 Å². The van der Waals surface area contributed by atoms with Crippen molar-refractivity contribution in [1.82, 2.24) is 0 Å². The molecular weight excluding hydrogens is 308 g/mol. The van der Waals surface area contributed by atoms with Crippen molar-refractivity contribution in [2.45, 2.75) is 12.7 Å². The van der Waals surface area contributed by atoms with Crippen LogP contribution < -0.4 is 5.32 Å². The van der Waals surface area contributed by atoms with Gasteiger partial charge >= 0.3 is 0 Å². The fourth-order valence-corrected chi connectivity index (χ4v) is 2.98. The molecule has 3 nitrogen and oxygen atoms in total. The van der Waals surface area contributed by atoms with Gasteiger partial charge in [0.2, 0.25) is 5.91 Å². The monoisotopic (exact) mass is 323 g/mol. The molecule has 0 spiro atoms. The minimum absolute atomic E-state index is 0.126. The van der Waals surface area contributed by atoms with E-state index in [9.17, 15) is 17.8 Å². The molecule has 0 unspecified atom stereocenters. The molecule has 2 rings (SSSR count). The number of aryl methyl sites for hydroxylation is 1. The molecule has 0 radical (unpaired) electrons. The lowest BCUT2D eigenvalue weighted by Gasteiger charge is -2.07. The fraction of sp³-hybridized carbons (Fsp3) is 0.188. The number of anilines is 1. The summed E-state index contributed by atoms with van der Waals surface area (Å²) in [4.78, 5) is 11.8. The summed E-state index contributed by atoms with van der Waals surface area (Å²) in [7, 11) is -1.40. The number of benzene rings is 2. The molecule has 1 amide bonds. The highest BCUT2D eigenvalue weighted by atomic mass is 32.2. The summed E-state index contributed by atoms with van der Waals surface area (Å²) in [5.74, 6) is -2.15. The van der Waals surface area contributed by atoms with E-state index in [1.54, 1.807) is 0 Å². The zero-order valence-electron chi connectivity index (χ0n) is 11.9.